The first-order valence-corrected chi connectivity index (χ1v) is 9.09. The fourth-order valence-corrected chi connectivity index (χ4v) is 3.02. The molecular formula is C19H23ClN4O. The first-order chi connectivity index (χ1) is 12.1. The largest absolute Gasteiger partial charge is 0.354 e. The van der Waals surface area contributed by atoms with Crippen LogP contribution in [-0.2, 0) is 6.42 Å². The van der Waals surface area contributed by atoms with Crippen LogP contribution in [0.3, 0.4) is 0 Å². The number of rotatable bonds is 5. The van der Waals surface area contributed by atoms with Crippen molar-refractivity contribution in [2.24, 2.45) is 5.92 Å². The van der Waals surface area contributed by atoms with E-state index in [9.17, 15) is 4.79 Å². The Hall–Kier alpha value is -2.14. The molecule has 0 spiro atoms. The zero-order chi connectivity index (χ0) is 17.6. The molecule has 1 aromatic heterocycles. The summed E-state index contributed by atoms with van der Waals surface area (Å²) in [6.07, 6.45) is 6.21. The Kier molecular flexibility index (Phi) is 5.87. The van der Waals surface area contributed by atoms with Crippen LogP contribution < -0.4 is 5.32 Å². The molecule has 3 rings (SSSR count). The molecule has 1 aliphatic rings. The van der Waals surface area contributed by atoms with Gasteiger partial charge in [-0.15, -0.1) is 0 Å². The molecule has 1 N–H and O–H groups in total. The Morgan fingerprint density at radius 2 is 1.84 bits per heavy atom. The molecule has 1 amide bonds. The van der Waals surface area contributed by atoms with Crippen LogP contribution in [0.25, 0.3) is 0 Å². The molecule has 1 aliphatic heterocycles. The number of carbonyl (C=O) groups is 1. The lowest BCUT2D eigenvalue weighted by Crippen LogP contribution is -2.38. The molecule has 25 heavy (non-hydrogen) atoms. The Labute approximate surface area is 153 Å². The number of halogens is 1. The van der Waals surface area contributed by atoms with Crippen LogP contribution in [0.15, 0.2) is 36.7 Å². The minimum Gasteiger partial charge on any atom is -0.354 e. The molecule has 0 aliphatic carbocycles. The zero-order valence-electron chi connectivity index (χ0n) is 14.4. The summed E-state index contributed by atoms with van der Waals surface area (Å²) in [5.41, 5.74) is 1.75. The fraction of sp³-hybridized carbons (Fsp3) is 0.421. The van der Waals surface area contributed by atoms with E-state index in [2.05, 4.69) is 22.2 Å². The third kappa shape index (κ3) is 4.92. The van der Waals surface area contributed by atoms with Crippen molar-refractivity contribution < 1.29 is 4.79 Å². The van der Waals surface area contributed by atoms with Crippen LogP contribution in [0, 0.1) is 5.92 Å². The molecule has 1 saturated heterocycles. The highest BCUT2D eigenvalue weighted by Crippen LogP contribution is 2.18. The van der Waals surface area contributed by atoms with Gasteiger partial charge in [-0.3, -0.25) is 4.79 Å². The van der Waals surface area contributed by atoms with E-state index in [1.54, 1.807) is 12.4 Å². The maximum atomic E-state index is 12.5. The molecule has 132 valence electrons. The van der Waals surface area contributed by atoms with Gasteiger partial charge in [-0.2, -0.15) is 0 Å². The lowest BCUT2D eigenvalue weighted by atomic mass is 9.99. The highest BCUT2D eigenvalue weighted by atomic mass is 35.5. The highest BCUT2D eigenvalue weighted by Gasteiger charge is 2.21. The number of likely N-dealkylation sites (tertiary alicyclic amines) is 1. The summed E-state index contributed by atoms with van der Waals surface area (Å²) in [4.78, 5) is 22.9. The van der Waals surface area contributed by atoms with Gasteiger partial charge in [0, 0.05) is 37.1 Å². The van der Waals surface area contributed by atoms with Crippen molar-refractivity contribution in [1.29, 1.82) is 0 Å². The van der Waals surface area contributed by atoms with Crippen molar-refractivity contribution in [2.75, 3.05) is 25.0 Å². The van der Waals surface area contributed by atoms with E-state index in [4.69, 9.17) is 11.6 Å². The van der Waals surface area contributed by atoms with E-state index in [1.165, 1.54) is 5.56 Å². The van der Waals surface area contributed by atoms with Crippen molar-refractivity contribution >= 4 is 23.5 Å². The zero-order valence-corrected chi connectivity index (χ0v) is 15.2. The van der Waals surface area contributed by atoms with Crippen LogP contribution in [-0.4, -0.2) is 40.4 Å². The van der Waals surface area contributed by atoms with Gasteiger partial charge in [0.25, 0.3) is 5.91 Å². The topological polar surface area (TPSA) is 58.1 Å². The summed E-state index contributed by atoms with van der Waals surface area (Å²) >= 11 is 5.88. The number of hydrogen-bond acceptors (Lipinski definition) is 4. The van der Waals surface area contributed by atoms with Crippen molar-refractivity contribution in [3.05, 3.63) is 52.8 Å². The Morgan fingerprint density at radius 3 is 2.48 bits per heavy atom. The Balaban J connectivity index is 1.50. The molecule has 0 saturated carbocycles. The number of carbonyl (C=O) groups excluding carboxylic acids is 1. The fourth-order valence-electron chi connectivity index (χ4n) is 2.89. The van der Waals surface area contributed by atoms with Gasteiger partial charge in [-0.25, -0.2) is 9.97 Å². The summed E-state index contributed by atoms with van der Waals surface area (Å²) < 4.78 is 0. The average molecular weight is 359 g/mol. The molecule has 2 heterocycles. The maximum absolute atomic E-state index is 12.5. The standard InChI is InChI=1S/C19H23ClN4O/c1-14-7-10-24(11-8-14)18(25)16-12-22-19(23-13-16)21-9-6-15-2-4-17(20)5-3-15/h2-5,12-14H,6-11H2,1H3,(H,21,22,23). The van der Waals surface area contributed by atoms with Crippen molar-refractivity contribution in [3.8, 4) is 0 Å². The quantitative estimate of drug-likeness (QED) is 0.886. The van der Waals surface area contributed by atoms with Gasteiger partial charge in [-0.05, 0) is 42.9 Å². The summed E-state index contributed by atoms with van der Waals surface area (Å²) in [6.45, 7) is 4.59. The van der Waals surface area contributed by atoms with Crippen LogP contribution >= 0.6 is 11.6 Å². The van der Waals surface area contributed by atoms with Gasteiger partial charge in [0.2, 0.25) is 5.95 Å². The number of nitrogens with zero attached hydrogens (tertiary/aromatic N) is 3. The monoisotopic (exact) mass is 358 g/mol. The minimum atomic E-state index is 0.0274. The molecule has 0 bridgehead atoms. The molecule has 0 atom stereocenters. The van der Waals surface area contributed by atoms with E-state index in [1.807, 2.05) is 29.2 Å². The molecule has 1 fully saturated rings. The second kappa shape index (κ2) is 8.30. The summed E-state index contributed by atoms with van der Waals surface area (Å²) in [7, 11) is 0. The van der Waals surface area contributed by atoms with Crippen LogP contribution in [0.2, 0.25) is 5.02 Å². The van der Waals surface area contributed by atoms with Crippen LogP contribution in [0.5, 0.6) is 0 Å². The van der Waals surface area contributed by atoms with Crippen molar-refractivity contribution in [2.45, 2.75) is 26.2 Å². The van der Waals surface area contributed by atoms with Crippen LogP contribution in [0.4, 0.5) is 5.95 Å². The summed E-state index contributed by atoms with van der Waals surface area (Å²) in [5, 5.41) is 3.92. The molecule has 1 aromatic carbocycles. The third-order valence-electron chi connectivity index (χ3n) is 4.58. The predicted octanol–water partition coefficient (Wildman–Crippen LogP) is 3.66. The Morgan fingerprint density at radius 1 is 1.20 bits per heavy atom. The smallest absolute Gasteiger partial charge is 0.256 e. The van der Waals surface area contributed by atoms with E-state index in [0.717, 1.165) is 43.9 Å². The summed E-state index contributed by atoms with van der Waals surface area (Å²) in [6, 6.07) is 7.78. The van der Waals surface area contributed by atoms with Gasteiger partial charge in [0.05, 0.1) is 5.56 Å². The Bertz CT molecular complexity index is 694. The highest BCUT2D eigenvalue weighted by molar-refractivity contribution is 6.30. The maximum Gasteiger partial charge on any atom is 0.256 e. The van der Waals surface area contributed by atoms with Gasteiger partial charge in [0.15, 0.2) is 0 Å². The average Bonchev–Trinajstić information content (AvgIpc) is 2.64. The minimum absolute atomic E-state index is 0.0274. The second-order valence-electron chi connectivity index (χ2n) is 6.57. The van der Waals surface area contributed by atoms with E-state index < -0.39 is 0 Å². The molecule has 2 aromatic rings. The van der Waals surface area contributed by atoms with Crippen molar-refractivity contribution in [3.63, 3.8) is 0 Å². The van der Waals surface area contributed by atoms with Crippen molar-refractivity contribution in [1.82, 2.24) is 14.9 Å². The second-order valence-corrected chi connectivity index (χ2v) is 7.01. The number of aromatic nitrogens is 2. The molecule has 0 radical (unpaired) electrons. The van der Waals surface area contributed by atoms with Crippen LogP contribution in [0.1, 0.15) is 35.7 Å². The normalized spacial score (nSPS) is 15.2. The van der Waals surface area contributed by atoms with E-state index in [-0.39, 0.29) is 5.91 Å². The number of nitrogens with one attached hydrogen (secondary N) is 1. The van der Waals surface area contributed by atoms with Gasteiger partial charge < -0.3 is 10.2 Å². The van der Waals surface area contributed by atoms with E-state index >= 15 is 0 Å². The van der Waals surface area contributed by atoms with Gasteiger partial charge >= 0.3 is 0 Å². The van der Waals surface area contributed by atoms with Gasteiger partial charge in [0.1, 0.15) is 0 Å². The molecule has 5 nitrogen and oxygen atoms in total. The molecule has 6 heteroatoms. The van der Waals surface area contributed by atoms with E-state index in [0.29, 0.717) is 17.4 Å². The first-order valence-electron chi connectivity index (χ1n) is 8.71. The number of anilines is 1. The SMILES string of the molecule is CC1CCN(C(=O)c2cnc(NCCc3ccc(Cl)cc3)nc2)CC1. The molecular weight excluding hydrogens is 336 g/mol. The third-order valence-corrected chi connectivity index (χ3v) is 4.83. The number of amides is 1. The lowest BCUT2D eigenvalue weighted by Gasteiger charge is -2.30. The number of piperidine rings is 1. The number of hydrogen-bond donors (Lipinski definition) is 1. The number of benzene rings is 1. The van der Waals surface area contributed by atoms with Gasteiger partial charge in [-0.1, -0.05) is 30.7 Å². The lowest BCUT2D eigenvalue weighted by molar-refractivity contribution is 0.0696. The first kappa shape index (κ1) is 17.7. The molecule has 0 unspecified atom stereocenters. The predicted molar refractivity (Wildman–Crippen MR) is 100.0 cm³/mol. The summed E-state index contributed by atoms with van der Waals surface area (Å²) in [5.74, 6) is 1.27.